The van der Waals surface area contributed by atoms with Gasteiger partial charge in [0.1, 0.15) is 0 Å². The molecule has 0 aliphatic heterocycles. The van der Waals surface area contributed by atoms with Crippen molar-refractivity contribution in [1.29, 1.82) is 0 Å². The second-order valence-electron chi connectivity index (χ2n) is 4.78. The minimum absolute atomic E-state index is 0.0500. The molecule has 0 saturated heterocycles. The molecule has 0 aromatic carbocycles. The van der Waals surface area contributed by atoms with Gasteiger partial charge in [-0.15, -0.1) is 0 Å². The third-order valence-corrected chi connectivity index (χ3v) is 6.22. The van der Waals surface area contributed by atoms with Gasteiger partial charge in [0.2, 0.25) is 0 Å². The fourth-order valence-electron chi connectivity index (χ4n) is 1.62. The lowest BCUT2D eigenvalue weighted by Crippen LogP contribution is -2.52. The van der Waals surface area contributed by atoms with Gasteiger partial charge in [-0.25, -0.2) is 0 Å². The number of nitrogens with two attached hydrogens (primary N) is 2. The van der Waals surface area contributed by atoms with E-state index >= 15 is 0 Å². The molecule has 0 rings (SSSR count). The molecule has 0 aliphatic rings. The van der Waals surface area contributed by atoms with Crippen LogP contribution in [0.3, 0.4) is 0 Å². The van der Waals surface area contributed by atoms with Crippen LogP contribution in [0.25, 0.3) is 0 Å². The van der Waals surface area contributed by atoms with E-state index in [1.165, 1.54) is 0 Å². The minimum atomic E-state index is -2.67. The maximum absolute atomic E-state index is 6.07. The summed E-state index contributed by atoms with van der Waals surface area (Å²) in [5.74, 6) is 0.315. The van der Waals surface area contributed by atoms with E-state index in [-0.39, 0.29) is 12.1 Å². The molecule has 0 bridgehead atoms. The largest absolute Gasteiger partial charge is 0.501 e. The zero-order chi connectivity index (χ0) is 14.2. The normalized spacial score (nSPS) is 17.5. The molecular formula is C12H30N2O3Si. The topological polar surface area (TPSA) is 79.7 Å². The molecular weight excluding hydrogens is 248 g/mol. The summed E-state index contributed by atoms with van der Waals surface area (Å²) in [4.78, 5) is 0. The third-order valence-electron chi connectivity index (χ3n) is 2.84. The first kappa shape index (κ1) is 18.0. The molecule has 18 heavy (non-hydrogen) atoms. The molecule has 0 aromatic rings. The van der Waals surface area contributed by atoms with E-state index in [4.69, 9.17) is 24.7 Å². The molecule has 0 saturated carbocycles. The Morgan fingerprint density at radius 1 is 1.06 bits per heavy atom. The highest BCUT2D eigenvalue weighted by atomic mass is 28.4. The Morgan fingerprint density at radius 2 is 1.56 bits per heavy atom. The standard InChI is InChI=1S/C12H30N2O3Si/c1-6-15-18(16-7-2,9-10(3)8-13)17-12(5)11(4)14/h10-12H,6-9,13-14H2,1-5H3. The number of hydrogen-bond donors (Lipinski definition) is 2. The highest BCUT2D eigenvalue weighted by Gasteiger charge is 2.43. The van der Waals surface area contributed by atoms with Crippen molar-refractivity contribution < 1.29 is 13.3 Å². The summed E-state index contributed by atoms with van der Waals surface area (Å²) in [6.07, 6.45) is -0.0836. The maximum atomic E-state index is 6.07. The second-order valence-corrected chi connectivity index (χ2v) is 7.36. The van der Waals surface area contributed by atoms with E-state index in [1.54, 1.807) is 0 Å². The summed E-state index contributed by atoms with van der Waals surface area (Å²) in [5.41, 5.74) is 11.6. The molecule has 0 amide bonds. The zero-order valence-electron chi connectivity index (χ0n) is 12.4. The lowest BCUT2D eigenvalue weighted by atomic mass is 10.2. The van der Waals surface area contributed by atoms with Gasteiger partial charge in [-0.1, -0.05) is 6.92 Å². The van der Waals surface area contributed by atoms with Crippen LogP contribution in [0.1, 0.15) is 34.6 Å². The van der Waals surface area contributed by atoms with Crippen molar-refractivity contribution in [3.05, 3.63) is 0 Å². The SMILES string of the molecule is CCO[Si](CC(C)CN)(OCC)OC(C)C(C)N. The van der Waals surface area contributed by atoms with Crippen LogP contribution in [0.2, 0.25) is 6.04 Å². The summed E-state index contributed by atoms with van der Waals surface area (Å²) in [6, 6.07) is 0.688. The molecule has 3 unspecified atom stereocenters. The van der Waals surface area contributed by atoms with Crippen LogP contribution in [0.15, 0.2) is 0 Å². The Morgan fingerprint density at radius 3 is 1.89 bits per heavy atom. The summed E-state index contributed by atoms with van der Waals surface area (Å²) in [5, 5.41) is 0. The van der Waals surface area contributed by atoms with Gasteiger partial charge in [0, 0.05) is 25.3 Å². The van der Waals surface area contributed by atoms with Crippen molar-refractivity contribution in [3.63, 3.8) is 0 Å². The van der Waals surface area contributed by atoms with Crippen LogP contribution in [0.4, 0.5) is 0 Å². The molecule has 5 nitrogen and oxygen atoms in total. The summed E-state index contributed by atoms with van der Waals surface area (Å²) in [6.45, 7) is 11.6. The van der Waals surface area contributed by atoms with E-state index < -0.39 is 8.80 Å². The van der Waals surface area contributed by atoms with Gasteiger partial charge in [0.05, 0.1) is 6.10 Å². The van der Waals surface area contributed by atoms with E-state index in [0.717, 1.165) is 6.04 Å². The first-order chi connectivity index (χ1) is 8.40. The monoisotopic (exact) mass is 278 g/mol. The maximum Gasteiger partial charge on any atom is 0.501 e. The van der Waals surface area contributed by atoms with Gasteiger partial charge in [-0.05, 0) is 40.2 Å². The molecule has 4 N–H and O–H groups in total. The van der Waals surface area contributed by atoms with Gasteiger partial charge >= 0.3 is 8.80 Å². The first-order valence-electron chi connectivity index (χ1n) is 6.82. The number of rotatable bonds is 10. The van der Waals surface area contributed by atoms with Crippen molar-refractivity contribution in [2.75, 3.05) is 19.8 Å². The van der Waals surface area contributed by atoms with Gasteiger partial charge < -0.3 is 24.7 Å². The van der Waals surface area contributed by atoms with Crippen LogP contribution >= 0.6 is 0 Å². The predicted octanol–water partition coefficient (Wildman–Crippen LogP) is 1.35. The highest BCUT2D eigenvalue weighted by molar-refractivity contribution is 6.60. The Kier molecular flexibility index (Phi) is 9.01. The molecule has 0 fully saturated rings. The van der Waals surface area contributed by atoms with Crippen LogP contribution in [0, 0.1) is 5.92 Å². The Labute approximate surface area is 113 Å². The highest BCUT2D eigenvalue weighted by Crippen LogP contribution is 2.23. The third kappa shape index (κ3) is 6.26. The lowest BCUT2D eigenvalue weighted by Gasteiger charge is -2.34. The smallest absolute Gasteiger partial charge is 0.374 e. The van der Waals surface area contributed by atoms with Crippen LogP contribution in [-0.2, 0) is 13.3 Å². The van der Waals surface area contributed by atoms with E-state index in [1.807, 2.05) is 27.7 Å². The van der Waals surface area contributed by atoms with Gasteiger partial charge in [0.15, 0.2) is 0 Å². The van der Waals surface area contributed by atoms with Crippen molar-refractivity contribution in [3.8, 4) is 0 Å². The number of hydrogen-bond acceptors (Lipinski definition) is 5. The Balaban J connectivity index is 4.82. The molecule has 6 heteroatoms. The van der Waals surface area contributed by atoms with Gasteiger partial charge in [0.25, 0.3) is 0 Å². The summed E-state index contributed by atoms with van der Waals surface area (Å²) in [7, 11) is -2.67. The summed E-state index contributed by atoms with van der Waals surface area (Å²) < 4.78 is 17.8. The van der Waals surface area contributed by atoms with Gasteiger partial charge in [-0.3, -0.25) is 0 Å². The first-order valence-corrected chi connectivity index (χ1v) is 8.75. The molecule has 0 radical (unpaired) electrons. The van der Waals surface area contributed by atoms with Crippen molar-refractivity contribution in [2.45, 2.75) is 52.8 Å². The average Bonchev–Trinajstić information content (AvgIpc) is 2.29. The van der Waals surface area contributed by atoms with Crippen molar-refractivity contribution in [1.82, 2.24) is 0 Å². The molecule has 0 spiro atoms. The van der Waals surface area contributed by atoms with Crippen LogP contribution in [0.5, 0.6) is 0 Å². The average molecular weight is 278 g/mol. The fourth-order valence-corrected chi connectivity index (χ4v) is 4.85. The van der Waals surface area contributed by atoms with Crippen LogP contribution in [-0.4, -0.2) is 40.7 Å². The summed E-state index contributed by atoms with van der Waals surface area (Å²) >= 11 is 0. The molecule has 0 aromatic heterocycles. The zero-order valence-corrected chi connectivity index (χ0v) is 13.4. The minimum Gasteiger partial charge on any atom is -0.374 e. The molecule has 110 valence electrons. The van der Waals surface area contributed by atoms with E-state index in [9.17, 15) is 0 Å². The van der Waals surface area contributed by atoms with E-state index in [0.29, 0.717) is 25.7 Å². The van der Waals surface area contributed by atoms with Crippen LogP contribution < -0.4 is 11.5 Å². The predicted molar refractivity (Wildman–Crippen MR) is 76.2 cm³/mol. The van der Waals surface area contributed by atoms with Crippen molar-refractivity contribution in [2.24, 2.45) is 17.4 Å². The Hall–Kier alpha value is 0.0169. The van der Waals surface area contributed by atoms with E-state index in [2.05, 4.69) is 6.92 Å². The lowest BCUT2D eigenvalue weighted by molar-refractivity contribution is 0.0289. The molecule has 0 heterocycles. The Bertz CT molecular complexity index is 211. The van der Waals surface area contributed by atoms with Gasteiger partial charge in [-0.2, -0.15) is 0 Å². The fraction of sp³-hybridized carbons (Fsp3) is 1.00. The second kappa shape index (κ2) is 9.01. The molecule has 3 atom stereocenters. The van der Waals surface area contributed by atoms with Crippen molar-refractivity contribution >= 4 is 8.80 Å². The quantitative estimate of drug-likeness (QED) is 0.590. The molecule has 0 aliphatic carbocycles.